The number of carbonyl (C=O) groups is 4. The van der Waals surface area contributed by atoms with Gasteiger partial charge in [0, 0.05) is 11.3 Å². The molecular formula is C21H19N3O8. The van der Waals surface area contributed by atoms with Crippen molar-refractivity contribution in [1.82, 2.24) is 9.88 Å². The van der Waals surface area contributed by atoms with E-state index in [2.05, 4.69) is 4.98 Å². The van der Waals surface area contributed by atoms with Gasteiger partial charge in [0.05, 0.1) is 33.3 Å². The molecule has 1 atom stereocenters. The van der Waals surface area contributed by atoms with Crippen LogP contribution in [0.2, 0.25) is 0 Å². The molecule has 166 valence electrons. The van der Waals surface area contributed by atoms with Gasteiger partial charge in [0.2, 0.25) is 5.91 Å². The van der Waals surface area contributed by atoms with Gasteiger partial charge in [0.25, 0.3) is 6.01 Å². The molecule has 11 heteroatoms. The monoisotopic (exact) mass is 441 g/mol. The number of hydrogen-bond donors (Lipinski definition) is 1. The second-order valence-electron chi connectivity index (χ2n) is 7.06. The molecule has 1 aromatic heterocycles. The van der Waals surface area contributed by atoms with Crippen LogP contribution in [-0.4, -0.2) is 61.6 Å². The van der Waals surface area contributed by atoms with Crippen LogP contribution >= 0.6 is 0 Å². The van der Waals surface area contributed by atoms with Gasteiger partial charge in [-0.3, -0.25) is 14.4 Å². The zero-order valence-corrected chi connectivity index (χ0v) is 17.5. The van der Waals surface area contributed by atoms with Crippen LogP contribution in [-0.2, 0) is 38.8 Å². The number of amides is 1. The van der Waals surface area contributed by atoms with Crippen LogP contribution < -0.4 is 5.73 Å². The smallest absolute Gasteiger partial charge is 0.337 e. The van der Waals surface area contributed by atoms with Gasteiger partial charge in [-0.25, -0.2) is 4.79 Å². The normalized spacial score (nSPS) is 18.6. The van der Waals surface area contributed by atoms with E-state index in [9.17, 15) is 19.2 Å². The molecule has 0 saturated carbocycles. The largest absolute Gasteiger partial charge is 0.469 e. The highest BCUT2D eigenvalue weighted by Gasteiger charge is 2.64. The topological polar surface area (TPSA) is 151 Å². The lowest BCUT2D eigenvalue weighted by Crippen LogP contribution is -2.44. The molecule has 2 aromatic rings. The van der Waals surface area contributed by atoms with E-state index in [-0.39, 0.29) is 28.7 Å². The summed E-state index contributed by atoms with van der Waals surface area (Å²) < 4.78 is 20.0. The van der Waals surface area contributed by atoms with Crippen LogP contribution in [0.3, 0.4) is 0 Å². The van der Waals surface area contributed by atoms with Crippen molar-refractivity contribution in [3.63, 3.8) is 0 Å². The maximum absolute atomic E-state index is 14.0. The number of aromatic nitrogens is 1. The van der Waals surface area contributed by atoms with Gasteiger partial charge in [0.1, 0.15) is 12.2 Å². The lowest BCUT2D eigenvalue weighted by Gasteiger charge is -2.26. The molecule has 2 N–H and O–H groups in total. The molecule has 0 fully saturated rings. The van der Waals surface area contributed by atoms with Crippen LogP contribution in [0.1, 0.15) is 17.7 Å². The first-order valence-corrected chi connectivity index (χ1v) is 9.45. The summed E-state index contributed by atoms with van der Waals surface area (Å²) in [5, 5.41) is 0. The average Bonchev–Trinajstić information content (AvgIpc) is 3.38. The van der Waals surface area contributed by atoms with Crippen LogP contribution in [0.4, 0.5) is 6.01 Å². The van der Waals surface area contributed by atoms with Crippen molar-refractivity contribution in [2.75, 3.05) is 33.6 Å². The van der Waals surface area contributed by atoms with E-state index >= 15 is 0 Å². The number of methoxy groups -OCH3 is 3. The lowest BCUT2D eigenvalue weighted by atomic mass is 9.74. The Bertz CT molecular complexity index is 1200. The third kappa shape index (κ3) is 2.70. The van der Waals surface area contributed by atoms with E-state index in [0.29, 0.717) is 11.1 Å². The average molecular weight is 441 g/mol. The van der Waals surface area contributed by atoms with Crippen LogP contribution in [0.15, 0.2) is 40.0 Å². The minimum atomic E-state index is -1.82. The summed E-state index contributed by atoms with van der Waals surface area (Å²) in [6.45, 7) is -0.547. The van der Waals surface area contributed by atoms with Crippen molar-refractivity contribution in [3.05, 3.63) is 46.8 Å². The number of carbonyl (C=O) groups excluding carboxylic acids is 4. The molecule has 1 spiro atoms. The highest BCUT2D eigenvalue weighted by Crippen LogP contribution is 2.58. The second kappa shape index (κ2) is 7.52. The first kappa shape index (κ1) is 21.1. The van der Waals surface area contributed by atoms with Gasteiger partial charge < -0.3 is 29.3 Å². The number of benzene rings is 1. The number of nitrogens with two attached hydrogens (primary N) is 1. The summed E-state index contributed by atoms with van der Waals surface area (Å²) in [7, 11) is 3.47. The fraction of sp³-hybridized carbons (Fsp3) is 0.286. The molecule has 32 heavy (non-hydrogen) atoms. The zero-order valence-electron chi connectivity index (χ0n) is 17.5. The quantitative estimate of drug-likeness (QED) is 0.514. The molecule has 1 aromatic carbocycles. The Morgan fingerprint density at radius 1 is 1.09 bits per heavy atom. The molecule has 11 nitrogen and oxygen atoms in total. The first-order chi connectivity index (χ1) is 15.3. The zero-order chi connectivity index (χ0) is 23.2. The van der Waals surface area contributed by atoms with Gasteiger partial charge in [-0.15, -0.1) is 0 Å². The minimum Gasteiger partial charge on any atom is -0.469 e. The van der Waals surface area contributed by atoms with E-state index in [1.54, 1.807) is 24.3 Å². The number of esters is 3. The van der Waals surface area contributed by atoms with Gasteiger partial charge >= 0.3 is 17.9 Å². The highest BCUT2D eigenvalue weighted by molar-refractivity contribution is 6.15. The Morgan fingerprint density at radius 2 is 1.78 bits per heavy atom. The van der Waals surface area contributed by atoms with E-state index < -0.39 is 42.2 Å². The predicted molar refractivity (Wildman–Crippen MR) is 107 cm³/mol. The Hall–Kier alpha value is -4.15. The van der Waals surface area contributed by atoms with E-state index in [0.717, 1.165) is 19.1 Å². The van der Waals surface area contributed by atoms with Crippen molar-refractivity contribution < 1.29 is 37.8 Å². The Morgan fingerprint density at radius 3 is 2.44 bits per heavy atom. The molecular weight excluding hydrogens is 422 g/mol. The van der Waals surface area contributed by atoms with Crippen LogP contribution in [0.5, 0.6) is 0 Å². The molecule has 2 heterocycles. The summed E-state index contributed by atoms with van der Waals surface area (Å²) in [5.74, 6) is -2.85. The third-order valence-electron chi connectivity index (χ3n) is 5.57. The standard InChI is InChI=1S/C21H19N3O8/c1-29-13(25)8-12-15(18(27)31-3)21(19(28)24(12)9-14(26)30-2)11-7-5-4-6-10(11)16-17(21)23-20(22)32-16/h4-7H,8-9H2,1-3H3,(H2,22,23)/t21-/m1/s1. The molecule has 1 amide bonds. The van der Waals surface area contributed by atoms with Crippen LogP contribution in [0, 0.1) is 0 Å². The summed E-state index contributed by atoms with van der Waals surface area (Å²) >= 11 is 0. The second-order valence-corrected chi connectivity index (χ2v) is 7.06. The lowest BCUT2D eigenvalue weighted by molar-refractivity contribution is -0.147. The van der Waals surface area contributed by atoms with Gasteiger partial charge in [0.15, 0.2) is 11.2 Å². The van der Waals surface area contributed by atoms with Crippen molar-refractivity contribution in [3.8, 4) is 11.3 Å². The van der Waals surface area contributed by atoms with Crippen molar-refractivity contribution in [2.24, 2.45) is 0 Å². The number of oxazole rings is 1. The third-order valence-corrected chi connectivity index (χ3v) is 5.57. The number of rotatable bonds is 5. The fourth-order valence-corrected chi connectivity index (χ4v) is 4.29. The summed E-state index contributed by atoms with van der Waals surface area (Å²) in [6, 6.07) is 6.53. The molecule has 0 radical (unpaired) electrons. The maximum atomic E-state index is 14.0. The van der Waals surface area contributed by atoms with E-state index in [1.807, 2.05) is 0 Å². The van der Waals surface area contributed by atoms with Gasteiger partial charge in [-0.2, -0.15) is 4.98 Å². The Kier molecular flexibility index (Phi) is 4.96. The van der Waals surface area contributed by atoms with Gasteiger partial charge in [-0.1, -0.05) is 24.3 Å². The van der Waals surface area contributed by atoms with Crippen molar-refractivity contribution in [2.45, 2.75) is 11.8 Å². The molecule has 1 aliphatic carbocycles. The first-order valence-electron chi connectivity index (χ1n) is 9.45. The maximum Gasteiger partial charge on any atom is 0.337 e. The predicted octanol–water partition coefficient (Wildman–Crippen LogP) is 0.529. The SMILES string of the molecule is COC(=O)CC1=C(C(=O)OC)[C@]2(C(=O)N1CC(=O)OC)c1ccccc1-c1oc(N)nc12. The summed E-state index contributed by atoms with van der Waals surface area (Å²) in [4.78, 5) is 56.7. The Labute approximate surface area is 181 Å². The molecule has 4 rings (SSSR count). The number of nitrogen functional groups attached to an aromatic ring is 1. The summed E-state index contributed by atoms with van der Waals surface area (Å²) in [6.07, 6.45) is -0.476. The molecule has 2 aliphatic rings. The molecule has 0 bridgehead atoms. The van der Waals surface area contributed by atoms with Crippen molar-refractivity contribution in [1.29, 1.82) is 0 Å². The highest BCUT2D eigenvalue weighted by atomic mass is 16.5. The van der Waals surface area contributed by atoms with E-state index in [4.69, 9.17) is 24.4 Å². The van der Waals surface area contributed by atoms with Crippen molar-refractivity contribution >= 4 is 29.8 Å². The number of ether oxygens (including phenoxy) is 3. The van der Waals surface area contributed by atoms with E-state index in [1.165, 1.54) is 7.11 Å². The summed E-state index contributed by atoms with van der Waals surface area (Å²) in [5.41, 5.74) is 4.71. The number of fused-ring (bicyclic) bond motifs is 5. The Balaban J connectivity index is 2.09. The number of nitrogens with zero attached hydrogens (tertiary/aromatic N) is 2. The van der Waals surface area contributed by atoms with Gasteiger partial charge in [-0.05, 0) is 5.56 Å². The number of hydrogen-bond acceptors (Lipinski definition) is 10. The number of anilines is 1. The fourth-order valence-electron chi connectivity index (χ4n) is 4.29. The van der Waals surface area contributed by atoms with Crippen LogP contribution in [0.25, 0.3) is 11.3 Å². The minimum absolute atomic E-state index is 0.0525. The molecule has 0 saturated heterocycles. The molecule has 0 unspecified atom stereocenters. The molecule has 1 aliphatic heterocycles.